The van der Waals surface area contributed by atoms with Crippen molar-refractivity contribution in [1.82, 2.24) is 14.9 Å². The van der Waals surface area contributed by atoms with Crippen LogP contribution in [0.4, 0.5) is 0 Å². The Bertz CT molecular complexity index is 1080. The van der Waals surface area contributed by atoms with Crippen molar-refractivity contribution in [2.24, 2.45) is 0 Å². The lowest BCUT2D eigenvalue weighted by Gasteiger charge is -2.11. The Hall–Kier alpha value is -2.30. The van der Waals surface area contributed by atoms with Crippen LogP contribution in [-0.4, -0.2) is 42.1 Å². The highest BCUT2D eigenvalue weighted by Crippen LogP contribution is 2.37. The van der Waals surface area contributed by atoms with E-state index < -0.39 is 0 Å². The number of aryl methyl sites for hydroxylation is 1. The first-order valence-corrected chi connectivity index (χ1v) is 8.69. The Kier molecular flexibility index (Phi) is 4.02. The largest absolute Gasteiger partial charge is 0.492 e. The predicted molar refractivity (Wildman–Crippen MR) is 105 cm³/mol. The number of rotatable bonds is 4. The van der Waals surface area contributed by atoms with Gasteiger partial charge >= 0.3 is 0 Å². The lowest BCUT2D eigenvalue weighted by molar-refractivity contribution is 0.261. The molecule has 0 spiro atoms. The zero-order chi connectivity index (χ0) is 17.6. The van der Waals surface area contributed by atoms with Crippen molar-refractivity contribution >= 4 is 44.2 Å². The summed E-state index contributed by atoms with van der Waals surface area (Å²) >= 11 is 6.42. The van der Waals surface area contributed by atoms with E-state index in [0.29, 0.717) is 11.8 Å². The van der Waals surface area contributed by atoms with Crippen molar-refractivity contribution < 1.29 is 4.74 Å². The molecule has 0 unspecified atom stereocenters. The standard InChI is InChI=1S/C20H20ClN3O/c1-12-11-22-20(21)18-17-15-6-5-14(25-9-8-24(2)3)10-13(15)4-7-16(17)23-19(12)18/h4-7,10-11,23H,8-9H2,1-3H3. The zero-order valence-electron chi connectivity index (χ0n) is 14.6. The van der Waals surface area contributed by atoms with Gasteiger partial charge in [0.15, 0.2) is 0 Å². The van der Waals surface area contributed by atoms with E-state index >= 15 is 0 Å². The summed E-state index contributed by atoms with van der Waals surface area (Å²) in [6, 6.07) is 10.4. The fourth-order valence-corrected chi connectivity index (χ4v) is 3.46. The van der Waals surface area contributed by atoms with E-state index in [1.54, 1.807) is 6.20 Å². The van der Waals surface area contributed by atoms with Crippen molar-refractivity contribution in [3.63, 3.8) is 0 Å². The third kappa shape index (κ3) is 2.81. The van der Waals surface area contributed by atoms with Crippen molar-refractivity contribution in [2.75, 3.05) is 27.2 Å². The van der Waals surface area contributed by atoms with E-state index in [-0.39, 0.29) is 0 Å². The summed E-state index contributed by atoms with van der Waals surface area (Å²) in [6.45, 7) is 3.60. The molecule has 0 fully saturated rings. The second-order valence-electron chi connectivity index (χ2n) is 6.63. The normalized spacial score (nSPS) is 11.9. The summed E-state index contributed by atoms with van der Waals surface area (Å²) in [5.74, 6) is 0.883. The van der Waals surface area contributed by atoms with Gasteiger partial charge in [-0.2, -0.15) is 0 Å². The molecule has 0 aliphatic carbocycles. The van der Waals surface area contributed by atoms with Gasteiger partial charge in [-0.05, 0) is 61.6 Å². The van der Waals surface area contributed by atoms with Gasteiger partial charge in [-0.3, -0.25) is 0 Å². The van der Waals surface area contributed by atoms with Crippen molar-refractivity contribution in [1.29, 1.82) is 0 Å². The number of hydrogen-bond acceptors (Lipinski definition) is 3. The molecule has 4 aromatic rings. The molecule has 0 bridgehead atoms. The topological polar surface area (TPSA) is 41.1 Å². The van der Waals surface area contributed by atoms with Crippen LogP contribution >= 0.6 is 11.6 Å². The first-order valence-electron chi connectivity index (χ1n) is 8.31. The SMILES string of the molecule is Cc1cnc(Cl)c2c1[nH]c1ccc3cc(OCCN(C)C)ccc3c12. The number of ether oxygens (including phenoxy) is 1. The Labute approximate surface area is 151 Å². The zero-order valence-corrected chi connectivity index (χ0v) is 15.3. The quantitative estimate of drug-likeness (QED) is 0.537. The van der Waals surface area contributed by atoms with Crippen LogP contribution in [0, 0.1) is 6.92 Å². The van der Waals surface area contributed by atoms with Crippen LogP contribution in [-0.2, 0) is 0 Å². The number of H-pyrrole nitrogens is 1. The Balaban J connectivity index is 1.87. The van der Waals surface area contributed by atoms with Crippen LogP contribution in [0.5, 0.6) is 5.75 Å². The van der Waals surface area contributed by atoms with Crippen LogP contribution in [0.2, 0.25) is 5.15 Å². The fraction of sp³-hybridized carbons (Fsp3) is 0.250. The lowest BCUT2D eigenvalue weighted by atomic mass is 10.0. The van der Waals surface area contributed by atoms with Crippen molar-refractivity contribution in [2.45, 2.75) is 6.92 Å². The smallest absolute Gasteiger partial charge is 0.139 e. The van der Waals surface area contributed by atoms with Gasteiger partial charge in [0.1, 0.15) is 17.5 Å². The molecule has 5 heteroatoms. The predicted octanol–water partition coefficient (Wildman–Crippen LogP) is 4.77. The molecular formula is C20H20ClN3O. The number of hydrogen-bond donors (Lipinski definition) is 1. The molecule has 0 saturated heterocycles. The highest BCUT2D eigenvalue weighted by atomic mass is 35.5. The van der Waals surface area contributed by atoms with Crippen LogP contribution in [0.15, 0.2) is 36.5 Å². The number of nitrogens with zero attached hydrogens (tertiary/aromatic N) is 2. The van der Waals surface area contributed by atoms with Crippen LogP contribution < -0.4 is 4.74 Å². The first-order chi connectivity index (χ1) is 12.0. The van der Waals surface area contributed by atoms with E-state index in [4.69, 9.17) is 16.3 Å². The van der Waals surface area contributed by atoms with Gasteiger partial charge in [-0.25, -0.2) is 4.98 Å². The van der Waals surface area contributed by atoms with Gasteiger partial charge < -0.3 is 14.6 Å². The Morgan fingerprint density at radius 3 is 2.80 bits per heavy atom. The summed E-state index contributed by atoms with van der Waals surface area (Å²) < 4.78 is 5.86. The number of fused-ring (bicyclic) bond motifs is 5. The minimum absolute atomic E-state index is 0.533. The van der Waals surface area contributed by atoms with Gasteiger partial charge in [0.2, 0.25) is 0 Å². The first kappa shape index (κ1) is 16.2. The number of aromatic nitrogens is 2. The highest BCUT2D eigenvalue weighted by Gasteiger charge is 2.14. The summed E-state index contributed by atoms with van der Waals surface area (Å²) in [4.78, 5) is 9.91. The van der Waals surface area contributed by atoms with Crippen LogP contribution in [0.3, 0.4) is 0 Å². The minimum atomic E-state index is 0.533. The molecule has 0 aliphatic heterocycles. The average molecular weight is 354 g/mol. The molecule has 128 valence electrons. The van der Waals surface area contributed by atoms with Crippen LogP contribution in [0.25, 0.3) is 32.6 Å². The third-order valence-electron chi connectivity index (χ3n) is 4.53. The lowest BCUT2D eigenvalue weighted by Crippen LogP contribution is -2.19. The molecule has 0 saturated carbocycles. The van der Waals surface area contributed by atoms with Crippen molar-refractivity contribution in [3.8, 4) is 5.75 Å². The number of nitrogens with one attached hydrogen (secondary N) is 1. The van der Waals surface area contributed by atoms with E-state index in [1.165, 1.54) is 0 Å². The molecule has 4 nitrogen and oxygen atoms in total. The summed E-state index contributed by atoms with van der Waals surface area (Å²) in [6.07, 6.45) is 1.80. The van der Waals surface area contributed by atoms with Gasteiger partial charge in [0.25, 0.3) is 0 Å². The molecule has 4 rings (SSSR count). The molecule has 2 aromatic carbocycles. The monoisotopic (exact) mass is 353 g/mol. The number of likely N-dealkylation sites (N-methyl/N-ethyl adjacent to an activating group) is 1. The molecule has 1 N–H and O–H groups in total. The van der Waals surface area contributed by atoms with E-state index in [0.717, 1.165) is 50.4 Å². The molecule has 0 aliphatic rings. The number of benzene rings is 2. The summed E-state index contributed by atoms with van der Waals surface area (Å²) in [5, 5.41) is 4.93. The molecule has 2 heterocycles. The molecular weight excluding hydrogens is 334 g/mol. The number of halogens is 1. The summed E-state index contributed by atoms with van der Waals surface area (Å²) in [7, 11) is 4.08. The second kappa shape index (κ2) is 6.21. The molecule has 0 amide bonds. The Morgan fingerprint density at radius 1 is 1.16 bits per heavy atom. The van der Waals surface area contributed by atoms with E-state index in [1.807, 2.05) is 27.1 Å². The number of pyridine rings is 1. The Morgan fingerprint density at radius 2 is 2.00 bits per heavy atom. The molecule has 2 aromatic heterocycles. The van der Waals surface area contributed by atoms with Crippen LogP contribution in [0.1, 0.15) is 5.56 Å². The van der Waals surface area contributed by atoms with Gasteiger partial charge in [-0.1, -0.05) is 17.7 Å². The number of aromatic amines is 1. The van der Waals surface area contributed by atoms with Gasteiger partial charge in [0, 0.05) is 29.0 Å². The maximum atomic E-state index is 6.42. The van der Waals surface area contributed by atoms with Gasteiger partial charge in [-0.15, -0.1) is 0 Å². The molecule has 0 radical (unpaired) electrons. The fourth-order valence-electron chi connectivity index (χ4n) is 3.22. The average Bonchev–Trinajstić information content (AvgIpc) is 2.99. The highest BCUT2D eigenvalue weighted by molar-refractivity contribution is 6.38. The van der Waals surface area contributed by atoms with E-state index in [9.17, 15) is 0 Å². The molecule has 0 atom stereocenters. The third-order valence-corrected chi connectivity index (χ3v) is 4.82. The van der Waals surface area contributed by atoms with E-state index in [2.05, 4.69) is 39.1 Å². The van der Waals surface area contributed by atoms with Crippen molar-refractivity contribution in [3.05, 3.63) is 47.2 Å². The second-order valence-corrected chi connectivity index (χ2v) is 6.99. The summed E-state index contributed by atoms with van der Waals surface area (Å²) in [5.41, 5.74) is 3.21. The minimum Gasteiger partial charge on any atom is -0.492 e. The maximum absolute atomic E-state index is 6.42. The van der Waals surface area contributed by atoms with Gasteiger partial charge in [0.05, 0.1) is 5.52 Å². The molecule has 25 heavy (non-hydrogen) atoms. The maximum Gasteiger partial charge on any atom is 0.139 e.